The summed E-state index contributed by atoms with van der Waals surface area (Å²) in [6, 6.07) is 64.3. The van der Waals surface area contributed by atoms with Crippen molar-refractivity contribution >= 4 is 11.0 Å². The third kappa shape index (κ3) is 8.01. The van der Waals surface area contributed by atoms with Crippen LogP contribution in [0.4, 0.5) is 0 Å². The van der Waals surface area contributed by atoms with Crippen LogP contribution in [0.1, 0.15) is 62.7 Å². The molecule has 0 aliphatic heterocycles. The van der Waals surface area contributed by atoms with Gasteiger partial charge in [-0.25, -0.2) is 4.98 Å². The molecule has 0 radical (unpaired) electrons. The van der Waals surface area contributed by atoms with Crippen LogP contribution in [-0.2, 0) is 5.41 Å². The van der Waals surface area contributed by atoms with Crippen LogP contribution in [0, 0.1) is 6.85 Å². The molecule has 10 rings (SSSR count). The van der Waals surface area contributed by atoms with E-state index in [-0.39, 0.29) is 16.7 Å². The van der Waals surface area contributed by atoms with Gasteiger partial charge in [-0.05, 0) is 146 Å². The van der Waals surface area contributed by atoms with E-state index < -0.39 is 12.7 Å². The summed E-state index contributed by atoms with van der Waals surface area (Å²) < 4.78 is 37.8. The Labute approximate surface area is 394 Å². The van der Waals surface area contributed by atoms with Crippen molar-refractivity contribution in [3.63, 3.8) is 0 Å². The first-order valence-corrected chi connectivity index (χ1v) is 22.5. The highest BCUT2D eigenvalue weighted by molar-refractivity contribution is 5.98. The van der Waals surface area contributed by atoms with Gasteiger partial charge in [-0.3, -0.25) is 9.55 Å². The third-order valence-corrected chi connectivity index (χ3v) is 12.5. The molecule has 1 N–H and O–H groups in total. The van der Waals surface area contributed by atoms with E-state index in [0.717, 1.165) is 78.0 Å². The molecule has 0 atom stereocenters. The van der Waals surface area contributed by atoms with Crippen molar-refractivity contribution < 1.29 is 10.6 Å². The number of phenolic OH excluding ortho intramolecular Hbond substituents is 1. The maximum atomic E-state index is 11.5. The second-order valence-corrected chi connectivity index (χ2v) is 18.2. The minimum atomic E-state index is -2.54. The molecule has 8 aromatic carbocycles. The van der Waals surface area contributed by atoms with Gasteiger partial charge in [-0.2, -0.15) is 0 Å². The van der Waals surface area contributed by atoms with Gasteiger partial charge in [-0.15, -0.1) is 0 Å². The van der Waals surface area contributed by atoms with Gasteiger partial charge < -0.3 is 5.11 Å². The molecule has 4 nitrogen and oxygen atoms in total. The van der Waals surface area contributed by atoms with E-state index in [9.17, 15) is 5.11 Å². The van der Waals surface area contributed by atoms with E-state index >= 15 is 0 Å². The maximum absolute atomic E-state index is 11.5. The molecular formula is C62H53N3O. The summed E-state index contributed by atoms with van der Waals surface area (Å²) in [5.74, 6) is -0.268. The van der Waals surface area contributed by atoms with E-state index in [1.807, 2.05) is 128 Å². The van der Waals surface area contributed by atoms with Gasteiger partial charge in [-0.1, -0.05) is 168 Å². The summed E-state index contributed by atoms with van der Waals surface area (Å²) in [5.41, 5.74) is 15.5. The number of aromatic nitrogens is 3. The molecular weight excluding hydrogens is 803 g/mol. The van der Waals surface area contributed by atoms with Crippen LogP contribution in [0.5, 0.6) is 5.75 Å². The molecule has 2 heterocycles. The Morgan fingerprint density at radius 1 is 0.545 bits per heavy atom. The lowest BCUT2D eigenvalue weighted by Crippen LogP contribution is -2.13. The molecule has 0 spiro atoms. The predicted molar refractivity (Wildman–Crippen MR) is 276 cm³/mol. The molecule has 0 unspecified atom stereocenters. The molecule has 0 amide bonds. The number of aromatic hydroxyl groups is 1. The average Bonchev–Trinajstić information content (AvgIpc) is 3.75. The quantitative estimate of drug-likeness (QED) is 0.157. The Morgan fingerprint density at radius 3 is 1.91 bits per heavy atom. The fraction of sp³-hybridized carbons (Fsp3) is 0.129. The van der Waals surface area contributed by atoms with Crippen molar-refractivity contribution in [1.82, 2.24) is 14.5 Å². The molecule has 0 bridgehead atoms. The predicted octanol–water partition coefficient (Wildman–Crippen LogP) is 16.5. The number of imidazole rings is 1. The van der Waals surface area contributed by atoms with Crippen LogP contribution in [0.2, 0.25) is 0 Å². The Hall–Kier alpha value is -7.82. The normalized spacial score (nSPS) is 12.9. The molecule has 4 heteroatoms. The Morgan fingerprint density at radius 2 is 1.18 bits per heavy atom. The first-order valence-electron chi connectivity index (χ1n) is 24.5. The minimum absolute atomic E-state index is 0.0247. The van der Waals surface area contributed by atoms with E-state index in [1.165, 1.54) is 0 Å². The second-order valence-electron chi connectivity index (χ2n) is 18.2. The minimum Gasteiger partial charge on any atom is -0.507 e. The lowest BCUT2D eigenvalue weighted by atomic mass is 9.78. The highest BCUT2D eigenvalue weighted by atomic mass is 16.3. The van der Waals surface area contributed by atoms with Gasteiger partial charge in [0.05, 0.1) is 28.0 Å². The van der Waals surface area contributed by atoms with Crippen LogP contribution in [-0.4, -0.2) is 19.6 Å². The Balaban J connectivity index is 1.19. The Bertz CT molecular complexity index is 3550. The molecule has 0 aliphatic rings. The van der Waals surface area contributed by atoms with Gasteiger partial charge in [0, 0.05) is 22.8 Å². The number of para-hydroxylation sites is 2. The summed E-state index contributed by atoms with van der Waals surface area (Å²) in [6.07, 6.45) is 1.83. The average molecular weight is 860 g/mol. The van der Waals surface area contributed by atoms with Crippen molar-refractivity contribution in [2.45, 2.75) is 52.8 Å². The van der Waals surface area contributed by atoms with Crippen molar-refractivity contribution in [3.05, 3.63) is 217 Å². The van der Waals surface area contributed by atoms with Crippen LogP contribution >= 0.6 is 0 Å². The fourth-order valence-corrected chi connectivity index (χ4v) is 9.14. The van der Waals surface area contributed by atoms with Gasteiger partial charge in [0.15, 0.2) is 0 Å². The van der Waals surface area contributed by atoms with Crippen molar-refractivity contribution in [2.24, 2.45) is 0 Å². The number of benzene rings is 8. The number of rotatable bonds is 9. The van der Waals surface area contributed by atoms with Gasteiger partial charge >= 0.3 is 0 Å². The van der Waals surface area contributed by atoms with Crippen LogP contribution < -0.4 is 0 Å². The molecule has 0 saturated carbocycles. The zero-order valence-corrected chi connectivity index (χ0v) is 37.8. The van der Waals surface area contributed by atoms with Gasteiger partial charge in [0.1, 0.15) is 11.6 Å². The molecule has 66 heavy (non-hydrogen) atoms. The first-order chi connectivity index (χ1) is 33.5. The first kappa shape index (κ1) is 37.5. The number of hydrogen-bond donors (Lipinski definition) is 1. The zero-order chi connectivity index (χ0) is 49.0. The standard InChI is InChI=1S/C62H53N3O/c1-40(2)42-27-29-44(30-28-42)46-33-34-63-55(39-46)50-37-48(43-17-9-7-10-18-43)36-49(38-50)52-23-16-25-57-60(52)64-61(53-21-13-14-26-58(53)66)65(57)56-32-31-47(35-41(56)3)59-51(45-19-11-8-12-20-45)22-15-24-54(59)62(4,5)6/h7-40,66H,1-6H3/i3D3,40D. The lowest BCUT2D eigenvalue weighted by Gasteiger charge is -2.26. The summed E-state index contributed by atoms with van der Waals surface area (Å²) in [7, 11) is 0. The van der Waals surface area contributed by atoms with E-state index in [2.05, 4.69) is 99.6 Å². The molecule has 322 valence electrons. The van der Waals surface area contributed by atoms with Crippen LogP contribution in [0.15, 0.2) is 200 Å². The monoisotopic (exact) mass is 859 g/mol. The van der Waals surface area contributed by atoms with Crippen molar-refractivity contribution in [2.75, 3.05) is 0 Å². The second kappa shape index (κ2) is 17.3. The summed E-state index contributed by atoms with van der Waals surface area (Å²) in [6.45, 7) is 7.79. The third-order valence-electron chi connectivity index (χ3n) is 12.5. The number of aryl methyl sites for hydroxylation is 1. The summed E-state index contributed by atoms with van der Waals surface area (Å²) >= 11 is 0. The van der Waals surface area contributed by atoms with Gasteiger partial charge in [0.2, 0.25) is 0 Å². The fourth-order valence-electron chi connectivity index (χ4n) is 9.14. The van der Waals surface area contributed by atoms with E-state index in [1.54, 1.807) is 12.1 Å². The van der Waals surface area contributed by atoms with Gasteiger partial charge in [0.25, 0.3) is 0 Å². The van der Waals surface area contributed by atoms with E-state index in [4.69, 9.17) is 15.5 Å². The maximum Gasteiger partial charge on any atom is 0.149 e. The Kier molecular flexibility index (Phi) is 9.83. The number of phenols is 1. The SMILES string of the molecule is [2H]C([2H])([2H])c1cc(-c2c(-c3ccccc3)cccc2C(C)(C)C)ccc1-n1c(-c2ccccc2O)nc2c(-c3cc(-c4ccccc4)cc(-c4cc(-c5ccc(C([2H])(C)C)cc5)ccn4)c3)cccc21. The highest BCUT2D eigenvalue weighted by Gasteiger charge is 2.25. The molecule has 10 aromatic rings. The van der Waals surface area contributed by atoms with Crippen LogP contribution in [0.25, 0.3) is 95.0 Å². The van der Waals surface area contributed by atoms with Crippen molar-refractivity contribution in [3.8, 4) is 89.7 Å². The number of fused-ring (bicyclic) bond motifs is 1. The molecule has 0 aliphatic carbocycles. The van der Waals surface area contributed by atoms with E-state index in [0.29, 0.717) is 28.1 Å². The number of hydrogen-bond acceptors (Lipinski definition) is 3. The zero-order valence-electron chi connectivity index (χ0n) is 41.8. The number of pyridine rings is 1. The highest BCUT2D eigenvalue weighted by Crippen LogP contribution is 2.44. The van der Waals surface area contributed by atoms with Crippen molar-refractivity contribution in [1.29, 1.82) is 0 Å². The summed E-state index contributed by atoms with van der Waals surface area (Å²) in [4.78, 5) is 10.3. The summed E-state index contributed by atoms with van der Waals surface area (Å²) in [5, 5.41) is 11.5. The largest absolute Gasteiger partial charge is 0.507 e. The van der Waals surface area contributed by atoms with Crippen LogP contribution in [0.3, 0.4) is 0 Å². The smallest absolute Gasteiger partial charge is 0.149 e. The molecule has 0 fully saturated rings. The number of nitrogens with zero attached hydrogens (tertiary/aromatic N) is 3. The lowest BCUT2D eigenvalue weighted by molar-refractivity contribution is 0.477. The molecule has 2 aromatic heterocycles. The molecule has 0 saturated heterocycles. The topological polar surface area (TPSA) is 50.9 Å².